The molecule has 0 radical (unpaired) electrons. The summed E-state index contributed by atoms with van der Waals surface area (Å²) >= 11 is 0. The van der Waals surface area contributed by atoms with E-state index in [1.54, 1.807) is 56.3 Å². The van der Waals surface area contributed by atoms with Crippen LogP contribution in [-0.2, 0) is 21.3 Å². The van der Waals surface area contributed by atoms with Crippen molar-refractivity contribution in [3.05, 3.63) is 94.5 Å². The fourth-order valence-electron chi connectivity index (χ4n) is 3.46. The Hall–Kier alpha value is -3.65. The summed E-state index contributed by atoms with van der Waals surface area (Å²) in [5.74, 6) is -0.761. The molecule has 3 aromatic rings. The van der Waals surface area contributed by atoms with E-state index in [4.69, 9.17) is 4.74 Å². The number of sulfonamides is 1. The molecule has 0 aliphatic rings. The van der Waals surface area contributed by atoms with Crippen LogP contribution in [0.25, 0.3) is 0 Å². The van der Waals surface area contributed by atoms with Gasteiger partial charge in [-0.05, 0) is 79.9 Å². The van der Waals surface area contributed by atoms with Crippen LogP contribution in [-0.4, -0.2) is 33.2 Å². The van der Waals surface area contributed by atoms with Crippen molar-refractivity contribution in [2.24, 2.45) is 0 Å². The summed E-state index contributed by atoms with van der Waals surface area (Å²) in [7, 11) is -3.54. The number of benzene rings is 3. The molecule has 34 heavy (non-hydrogen) atoms. The van der Waals surface area contributed by atoms with E-state index < -0.39 is 16.0 Å². The van der Waals surface area contributed by atoms with Crippen molar-refractivity contribution in [1.29, 1.82) is 0 Å². The molecular formula is C26H28N2O5S. The molecular weight excluding hydrogens is 452 g/mol. The number of ether oxygens (including phenoxy) is 1. The molecule has 3 rings (SSSR count). The summed E-state index contributed by atoms with van der Waals surface area (Å²) in [5.41, 5.74) is 4.44. The van der Waals surface area contributed by atoms with Gasteiger partial charge in [-0.15, -0.1) is 0 Å². The smallest absolute Gasteiger partial charge is 0.338 e. The highest BCUT2D eigenvalue weighted by atomic mass is 32.2. The Morgan fingerprint density at radius 2 is 1.56 bits per heavy atom. The number of carbonyl (C=O) groups is 2. The third-order valence-corrected chi connectivity index (χ3v) is 6.52. The highest BCUT2D eigenvalue weighted by Crippen LogP contribution is 2.24. The van der Waals surface area contributed by atoms with Gasteiger partial charge in [0.05, 0.1) is 30.7 Å². The minimum atomic E-state index is -3.54. The van der Waals surface area contributed by atoms with Gasteiger partial charge >= 0.3 is 5.97 Å². The first-order chi connectivity index (χ1) is 16.1. The first-order valence-electron chi connectivity index (χ1n) is 10.8. The van der Waals surface area contributed by atoms with Crippen molar-refractivity contribution in [2.45, 2.75) is 27.3 Å². The molecule has 0 aliphatic heterocycles. The molecule has 0 spiro atoms. The van der Waals surface area contributed by atoms with Gasteiger partial charge in [-0.3, -0.25) is 9.10 Å². The van der Waals surface area contributed by atoms with Crippen LogP contribution in [0.1, 0.15) is 44.3 Å². The summed E-state index contributed by atoms with van der Waals surface area (Å²) < 4.78 is 31.3. The van der Waals surface area contributed by atoms with E-state index in [0.29, 0.717) is 22.5 Å². The van der Waals surface area contributed by atoms with Crippen molar-refractivity contribution in [1.82, 2.24) is 0 Å². The first kappa shape index (κ1) is 25.0. The molecule has 0 fully saturated rings. The van der Waals surface area contributed by atoms with E-state index >= 15 is 0 Å². The topological polar surface area (TPSA) is 92.8 Å². The molecule has 0 bridgehead atoms. The van der Waals surface area contributed by atoms with E-state index in [9.17, 15) is 18.0 Å². The molecule has 0 heterocycles. The summed E-state index contributed by atoms with van der Waals surface area (Å²) in [6.07, 6.45) is 1.16. The lowest BCUT2D eigenvalue weighted by Gasteiger charge is -2.23. The maximum absolute atomic E-state index is 12.8. The average molecular weight is 481 g/mol. The third-order valence-electron chi connectivity index (χ3n) is 5.38. The van der Waals surface area contributed by atoms with Gasteiger partial charge in [-0.2, -0.15) is 0 Å². The van der Waals surface area contributed by atoms with Crippen LogP contribution >= 0.6 is 0 Å². The molecule has 0 saturated carbocycles. The Kier molecular flexibility index (Phi) is 7.73. The van der Waals surface area contributed by atoms with Crippen molar-refractivity contribution in [3.8, 4) is 0 Å². The second kappa shape index (κ2) is 10.5. The Balaban J connectivity index is 1.78. The van der Waals surface area contributed by atoms with E-state index in [1.807, 2.05) is 31.2 Å². The van der Waals surface area contributed by atoms with Crippen LogP contribution < -0.4 is 9.62 Å². The molecule has 0 aliphatic carbocycles. The number of hydrogen-bond acceptors (Lipinski definition) is 5. The summed E-state index contributed by atoms with van der Waals surface area (Å²) in [4.78, 5) is 24.7. The normalized spacial score (nSPS) is 11.1. The van der Waals surface area contributed by atoms with Gasteiger partial charge in [0.1, 0.15) is 0 Å². The molecule has 0 aromatic heterocycles. The zero-order valence-corrected chi connectivity index (χ0v) is 20.5. The molecule has 3 aromatic carbocycles. The number of esters is 1. The predicted molar refractivity (Wildman–Crippen MR) is 134 cm³/mol. The van der Waals surface area contributed by atoms with Gasteiger partial charge in [0.15, 0.2) is 0 Å². The van der Waals surface area contributed by atoms with Crippen molar-refractivity contribution in [3.63, 3.8) is 0 Å². The number of aryl methyl sites for hydroxylation is 2. The highest BCUT2D eigenvalue weighted by molar-refractivity contribution is 7.92. The SMILES string of the molecule is CCOC(=O)c1ccc(NC(=O)c2ccc(N(Cc3ccccc3C)S(C)(=O)=O)cc2)c(C)c1. The zero-order chi connectivity index (χ0) is 24.9. The molecule has 8 heteroatoms. The van der Waals surface area contributed by atoms with Gasteiger partial charge in [0.2, 0.25) is 10.0 Å². The second-order valence-corrected chi connectivity index (χ2v) is 9.85. The van der Waals surface area contributed by atoms with Crippen molar-refractivity contribution < 1.29 is 22.7 Å². The fourth-order valence-corrected chi connectivity index (χ4v) is 4.34. The van der Waals surface area contributed by atoms with Crippen LogP contribution in [0.3, 0.4) is 0 Å². The number of hydrogen-bond donors (Lipinski definition) is 1. The van der Waals surface area contributed by atoms with Crippen LogP contribution in [0, 0.1) is 13.8 Å². The van der Waals surface area contributed by atoms with Gasteiger partial charge in [-0.25, -0.2) is 13.2 Å². The van der Waals surface area contributed by atoms with E-state index in [1.165, 1.54) is 4.31 Å². The maximum atomic E-state index is 12.8. The number of anilines is 2. The number of carbonyl (C=O) groups excluding carboxylic acids is 2. The predicted octanol–water partition coefficient (Wildman–Crippen LogP) is 4.70. The van der Waals surface area contributed by atoms with Gasteiger partial charge in [-0.1, -0.05) is 24.3 Å². The second-order valence-electron chi connectivity index (χ2n) is 7.95. The first-order valence-corrected chi connectivity index (χ1v) is 12.7. The molecule has 178 valence electrons. The minimum absolute atomic E-state index is 0.197. The quantitative estimate of drug-likeness (QED) is 0.472. The Bertz CT molecular complexity index is 1300. The standard InChI is InChI=1S/C26H28N2O5S/c1-5-33-26(30)21-12-15-24(19(3)16-21)27-25(29)20-10-13-23(14-11-20)28(34(4,31)32)17-22-9-7-6-8-18(22)2/h6-16H,5,17H2,1-4H3,(H,27,29). The molecule has 0 saturated heterocycles. The number of amides is 1. The Morgan fingerprint density at radius 3 is 2.15 bits per heavy atom. The van der Waals surface area contributed by atoms with Crippen LogP contribution in [0.15, 0.2) is 66.7 Å². The fraction of sp³-hybridized carbons (Fsp3) is 0.231. The van der Waals surface area contributed by atoms with Crippen molar-refractivity contribution >= 4 is 33.3 Å². The highest BCUT2D eigenvalue weighted by Gasteiger charge is 2.19. The van der Waals surface area contributed by atoms with Crippen molar-refractivity contribution in [2.75, 3.05) is 22.5 Å². The summed E-state index contributed by atoms with van der Waals surface area (Å²) in [5, 5.41) is 2.83. The number of rotatable bonds is 8. The third kappa shape index (κ3) is 6.02. The Morgan fingerprint density at radius 1 is 0.912 bits per heavy atom. The largest absolute Gasteiger partial charge is 0.462 e. The number of nitrogens with one attached hydrogen (secondary N) is 1. The monoisotopic (exact) mass is 480 g/mol. The summed E-state index contributed by atoms with van der Waals surface area (Å²) in [6.45, 7) is 5.95. The molecule has 7 nitrogen and oxygen atoms in total. The molecule has 0 unspecified atom stereocenters. The molecule has 0 atom stereocenters. The molecule has 1 N–H and O–H groups in total. The lowest BCUT2D eigenvalue weighted by atomic mass is 10.1. The lowest BCUT2D eigenvalue weighted by molar-refractivity contribution is 0.0526. The minimum Gasteiger partial charge on any atom is -0.462 e. The zero-order valence-electron chi connectivity index (χ0n) is 19.7. The van der Waals surface area contributed by atoms with E-state index in [-0.39, 0.29) is 19.1 Å². The van der Waals surface area contributed by atoms with Crippen LogP contribution in [0.4, 0.5) is 11.4 Å². The maximum Gasteiger partial charge on any atom is 0.338 e. The Labute approximate surface area is 200 Å². The van der Waals surface area contributed by atoms with E-state index in [0.717, 1.165) is 22.9 Å². The van der Waals surface area contributed by atoms with E-state index in [2.05, 4.69) is 5.32 Å². The summed E-state index contributed by atoms with van der Waals surface area (Å²) in [6, 6.07) is 18.9. The molecule has 1 amide bonds. The van der Waals surface area contributed by atoms with Gasteiger partial charge < -0.3 is 10.1 Å². The van der Waals surface area contributed by atoms with Crippen LogP contribution in [0.2, 0.25) is 0 Å². The average Bonchev–Trinajstić information content (AvgIpc) is 2.79. The van der Waals surface area contributed by atoms with Crippen LogP contribution in [0.5, 0.6) is 0 Å². The lowest BCUT2D eigenvalue weighted by Crippen LogP contribution is -2.29. The van der Waals surface area contributed by atoms with Gasteiger partial charge in [0, 0.05) is 11.3 Å². The van der Waals surface area contributed by atoms with Gasteiger partial charge in [0.25, 0.3) is 5.91 Å². The number of nitrogens with zero attached hydrogens (tertiary/aromatic N) is 1.